The Morgan fingerprint density at radius 2 is 1.70 bits per heavy atom. The Balaban J connectivity index is 1.93. The number of pyridine rings is 1. The van der Waals surface area contributed by atoms with Gasteiger partial charge in [-0.1, -0.05) is 23.7 Å². The number of aromatic nitrogens is 1. The molecule has 0 bridgehead atoms. The standard InChI is InChI=1S/C20H25ClN4O2/c1-23(2)19-17(9-6-10-22-19)20(27)25(4)12-11-24(3)18(26)14-15-7-5-8-16(21)13-15/h5-10,13H,11-12,14H2,1-4H3. The summed E-state index contributed by atoms with van der Waals surface area (Å²) < 4.78 is 0. The fourth-order valence-electron chi connectivity index (χ4n) is 2.61. The Kier molecular flexibility index (Phi) is 7.19. The summed E-state index contributed by atoms with van der Waals surface area (Å²) in [5.74, 6) is 0.482. The van der Waals surface area contributed by atoms with Crippen molar-refractivity contribution in [2.75, 3.05) is 46.2 Å². The first kappa shape index (κ1) is 20.7. The Bertz CT molecular complexity index is 810. The van der Waals surface area contributed by atoms with Crippen molar-refractivity contribution in [1.82, 2.24) is 14.8 Å². The van der Waals surface area contributed by atoms with Crippen LogP contribution >= 0.6 is 11.6 Å². The third kappa shape index (κ3) is 5.69. The van der Waals surface area contributed by atoms with Crippen LogP contribution in [-0.4, -0.2) is 67.9 Å². The van der Waals surface area contributed by atoms with Crippen molar-refractivity contribution < 1.29 is 9.59 Å². The lowest BCUT2D eigenvalue weighted by atomic mass is 10.1. The van der Waals surface area contributed by atoms with E-state index in [2.05, 4.69) is 4.98 Å². The number of hydrogen-bond donors (Lipinski definition) is 0. The number of rotatable bonds is 7. The van der Waals surface area contributed by atoms with E-state index in [9.17, 15) is 9.59 Å². The number of carbonyl (C=O) groups excluding carboxylic acids is 2. The average Bonchev–Trinajstić information content (AvgIpc) is 2.65. The summed E-state index contributed by atoms with van der Waals surface area (Å²) in [6.07, 6.45) is 1.94. The molecule has 1 aromatic heterocycles. The predicted octanol–water partition coefficient (Wildman–Crippen LogP) is 2.57. The van der Waals surface area contributed by atoms with Gasteiger partial charge in [-0.15, -0.1) is 0 Å². The van der Waals surface area contributed by atoms with Crippen LogP contribution in [0.2, 0.25) is 5.02 Å². The van der Waals surface area contributed by atoms with Gasteiger partial charge in [0.15, 0.2) is 0 Å². The molecule has 2 rings (SSSR count). The number of nitrogens with zero attached hydrogens (tertiary/aromatic N) is 4. The van der Waals surface area contributed by atoms with Crippen molar-refractivity contribution in [2.45, 2.75) is 6.42 Å². The average molecular weight is 389 g/mol. The summed E-state index contributed by atoms with van der Waals surface area (Å²) in [7, 11) is 7.16. The molecule has 6 nitrogen and oxygen atoms in total. The second-order valence-electron chi connectivity index (χ2n) is 6.62. The minimum Gasteiger partial charge on any atom is -0.362 e. The van der Waals surface area contributed by atoms with Gasteiger partial charge >= 0.3 is 0 Å². The molecule has 2 aromatic rings. The normalized spacial score (nSPS) is 10.4. The maximum atomic E-state index is 12.7. The largest absolute Gasteiger partial charge is 0.362 e. The summed E-state index contributed by atoms with van der Waals surface area (Å²) in [6, 6.07) is 10.8. The van der Waals surface area contributed by atoms with Crippen LogP contribution in [0.25, 0.3) is 0 Å². The minimum absolute atomic E-state index is 0.0199. The van der Waals surface area contributed by atoms with E-state index in [0.29, 0.717) is 29.5 Å². The highest BCUT2D eigenvalue weighted by Gasteiger charge is 2.19. The molecular formula is C20H25ClN4O2. The van der Waals surface area contributed by atoms with Gasteiger partial charge in [-0.25, -0.2) is 4.98 Å². The fraction of sp³-hybridized carbons (Fsp3) is 0.350. The first-order valence-electron chi connectivity index (χ1n) is 8.65. The van der Waals surface area contributed by atoms with Gasteiger partial charge in [0.25, 0.3) is 5.91 Å². The molecule has 0 aliphatic heterocycles. The third-order valence-electron chi connectivity index (χ3n) is 4.23. The zero-order chi connectivity index (χ0) is 20.0. The van der Waals surface area contributed by atoms with E-state index in [0.717, 1.165) is 5.56 Å². The van der Waals surface area contributed by atoms with Crippen LogP contribution in [0, 0.1) is 0 Å². The molecule has 144 valence electrons. The second kappa shape index (κ2) is 9.37. The lowest BCUT2D eigenvalue weighted by Gasteiger charge is -2.24. The minimum atomic E-state index is -0.123. The van der Waals surface area contributed by atoms with Crippen molar-refractivity contribution >= 4 is 29.2 Å². The van der Waals surface area contributed by atoms with Crippen LogP contribution in [0.4, 0.5) is 5.82 Å². The molecule has 27 heavy (non-hydrogen) atoms. The predicted molar refractivity (Wildman–Crippen MR) is 108 cm³/mol. The van der Waals surface area contributed by atoms with Gasteiger partial charge in [0.1, 0.15) is 5.82 Å². The Morgan fingerprint density at radius 1 is 1.00 bits per heavy atom. The van der Waals surface area contributed by atoms with E-state index < -0.39 is 0 Å². The van der Waals surface area contributed by atoms with Crippen LogP contribution in [0.3, 0.4) is 0 Å². The highest BCUT2D eigenvalue weighted by molar-refractivity contribution is 6.30. The second-order valence-corrected chi connectivity index (χ2v) is 7.05. The quantitative estimate of drug-likeness (QED) is 0.731. The summed E-state index contributed by atoms with van der Waals surface area (Å²) in [5, 5.41) is 0.612. The molecule has 0 radical (unpaired) electrons. The van der Waals surface area contributed by atoms with Gasteiger partial charge in [0.2, 0.25) is 5.91 Å². The Hall–Kier alpha value is -2.60. The maximum absolute atomic E-state index is 12.7. The molecule has 0 spiro atoms. The summed E-state index contributed by atoms with van der Waals surface area (Å²) in [4.78, 5) is 34.4. The zero-order valence-corrected chi connectivity index (χ0v) is 16.9. The lowest BCUT2D eigenvalue weighted by Crippen LogP contribution is -2.38. The first-order valence-corrected chi connectivity index (χ1v) is 9.03. The number of amides is 2. The van der Waals surface area contributed by atoms with E-state index in [1.165, 1.54) is 0 Å². The van der Waals surface area contributed by atoms with E-state index in [1.54, 1.807) is 54.4 Å². The highest BCUT2D eigenvalue weighted by Crippen LogP contribution is 2.16. The van der Waals surface area contributed by atoms with E-state index in [1.807, 2.05) is 31.1 Å². The molecule has 0 saturated heterocycles. The van der Waals surface area contributed by atoms with Crippen molar-refractivity contribution in [3.8, 4) is 0 Å². The monoisotopic (exact) mass is 388 g/mol. The lowest BCUT2D eigenvalue weighted by molar-refractivity contribution is -0.129. The Morgan fingerprint density at radius 3 is 2.37 bits per heavy atom. The van der Waals surface area contributed by atoms with Gasteiger partial charge in [-0.05, 0) is 29.8 Å². The van der Waals surface area contributed by atoms with E-state index in [4.69, 9.17) is 11.6 Å². The molecule has 0 aliphatic carbocycles. The third-order valence-corrected chi connectivity index (χ3v) is 4.46. The number of anilines is 1. The molecule has 0 aliphatic rings. The van der Waals surface area contributed by atoms with Crippen molar-refractivity contribution in [3.05, 3.63) is 58.7 Å². The molecule has 1 aromatic carbocycles. The topological polar surface area (TPSA) is 56.8 Å². The molecule has 0 N–H and O–H groups in total. The van der Waals surface area contributed by atoms with E-state index >= 15 is 0 Å². The van der Waals surface area contributed by atoms with Crippen molar-refractivity contribution in [3.63, 3.8) is 0 Å². The first-order chi connectivity index (χ1) is 12.8. The van der Waals surface area contributed by atoms with Gasteiger partial charge < -0.3 is 14.7 Å². The fourth-order valence-corrected chi connectivity index (χ4v) is 2.82. The van der Waals surface area contributed by atoms with Crippen LogP contribution in [0.5, 0.6) is 0 Å². The molecule has 0 saturated carbocycles. The molecule has 1 heterocycles. The smallest absolute Gasteiger partial charge is 0.257 e. The van der Waals surface area contributed by atoms with Gasteiger partial charge in [0.05, 0.1) is 12.0 Å². The SMILES string of the molecule is CN(CCN(C)C(=O)c1cccnc1N(C)C)C(=O)Cc1cccc(Cl)c1. The number of carbonyl (C=O) groups is 2. The van der Waals surface area contributed by atoms with E-state index in [-0.39, 0.29) is 18.2 Å². The van der Waals surface area contributed by atoms with Gasteiger partial charge in [-0.2, -0.15) is 0 Å². The molecular weight excluding hydrogens is 364 g/mol. The molecule has 0 atom stereocenters. The maximum Gasteiger partial charge on any atom is 0.257 e. The van der Waals surface area contributed by atoms with Crippen LogP contribution in [0.1, 0.15) is 15.9 Å². The van der Waals surface area contributed by atoms with Crippen LogP contribution in [-0.2, 0) is 11.2 Å². The summed E-state index contributed by atoms with van der Waals surface area (Å²) in [6.45, 7) is 0.873. The number of hydrogen-bond acceptors (Lipinski definition) is 4. The number of benzene rings is 1. The Labute approximate surface area is 165 Å². The van der Waals surface area contributed by atoms with Crippen molar-refractivity contribution in [1.29, 1.82) is 0 Å². The van der Waals surface area contributed by atoms with Crippen molar-refractivity contribution in [2.24, 2.45) is 0 Å². The van der Waals surface area contributed by atoms with Gasteiger partial charge in [-0.3, -0.25) is 9.59 Å². The number of halogens is 1. The molecule has 0 fully saturated rings. The van der Waals surface area contributed by atoms with Gasteiger partial charge in [0, 0.05) is 52.5 Å². The zero-order valence-electron chi connectivity index (χ0n) is 16.1. The number of likely N-dealkylation sites (N-methyl/N-ethyl adjacent to an activating group) is 2. The summed E-state index contributed by atoms with van der Waals surface area (Å²) in [5.41, 5.74) is 1.41. The van der Waals surface area contributed by atoms with Crippen LogP contribution < -0.4 is 4.90 Å². The highest BCUT2D eigenvalue weighted by atomic mass is 35.5. The molecule has 2 amide bonds. The molecule has 0 unspecified atom stereocenters. The molecule has 7 heteroatoms. The van der Waals surface area contributed by atoms with Crippen LogP contribution in [0.15, 0.2) is 42.6 Å². The summed E-state index contributed by atoms with van der Waals surface area (Å²) >= 11 is 5.96.